The molecule has 0 aromatic carbocycles. The van der Waals surface area contributed by atoms with Crippen LogP contribution in [-0.2, 0) is 14.6 Å². The molecule has 1 aliphatic heterocycles. The van der Waals surface area contributed by atoms with E-state index in [1.54, 1.807) is 6.07 Å². The lowest BCUT2D eigenvalue weighted by Crippen LogP contribution is -2.34. The summed E-state index contributed by atoms with van der Waals surface area (Å²) in [6.45, 7) is 1.70. The van der Waals surface area contributed by atoms with Gasteiger partial charge in [-0.3, -0.25) is 4.79 Å². The van der Waals surface area contributed by atoms with E-state index in [-0.39, 0.29) is 41.7 Å². The number of pyridine rings is 1. The Labute approximate surface area is 136 Å². The van der Waals surface area contributed by atoms with E-state index in [1.165, 1.54) is 12.3 Å². The van der Waals surface area contributed by atoms with Gasteiger partial charge >= 0.3 is 0 Å². The highest BCUT2D eigenvalue weighted by atomic mass is 35.5. The average Bonchev–Trinajstić information content (AvgIpc) is 2.39. The first-order valence-electron chi connectivity index (χ1n) is 6.14. The van der Waals surface area contributed by atoms with Gasteiger partial charge in [0.2, 0.25) is 5.91 Å². The number of anilines is 1. The minimum Gasteiger partial charge on any atom is -0.324 e. The molecule has 2 N–H and O–H groups in total. The van der Waals surface area contributed by atoms with Gasteiger partial charge < -0.3 is 10.6 Å². The SMILES string of the molecule is CS(=O)(=O)c1ccc(NC(=O)C2CCNCC2)cn1.Cl.Cl. The summed E-state index contributed by atoms with van der Waals surface area (Å²) in [6, 6.07) is 2.95. The summed E-state index contributed by atoms with van der Waals surface area (Å²) < 4.78 is 22.5. The van der Waals surface area contributed by atoms with E-state index in [4.69, 9.17) is 0 Å². The largest absolute Gasteiger partial charge is 0.324 e. The quantitative estimate of drug-likeness (QED) is 0.852. The fourth-order valence-corrected chi connectivity index (χ4v) is 2.56. The summed E-state index contributed by atoms with van der Waals surface area (Å²) in [5, 5.41) is 5.97. The lowest BCUT2D eigenvalue weighted by atomic mass is 9.97. The number of aromatic nitrogens is 1. The van der Waals surface area contributed by atoms with Crippen LogP contribution in [0.25, 0.3) is 0 Å². The first kappa shape index (κ1) is 20.1. The molecular weight excluding hydrogens is 337 g/mol. The number of hydrogen-bond acceptors (Lipinski definition) is 5. The summed E-state index contributed by atoms with van der Waals surface area (Å²) >= 11 is 0. The number of nitrogens with zero attached hydrogens (tertiary/aromatic N) is 1. The van der Waals surface area contributed by atoms with Crippen molar-refractivity contribution in [3.05, 3.63) is 18.3 Å². The van der Waals surface area contributed by atoms with Crippen LogP contribution < -0.4 is 10.6 Å². The average molecular weight is 356 g/mol. The molecule has 2 rings (SSSR count). The Balaban J connectivity index is 0.00000200. The number of carbonyl (C=O) groups is 1. The second kappa shape index (κ2) is 8.53. The number of carbonyl (C=O) groups excluding carboxylic acids is 1. The van der Waals surface area contributed by atoms with Crippen LogP contribution in [0.5, 0.6) is 0 Å². The van der Waals surface area contributed by atoms with E-state index in [0.717, 1.165) is 32.2 Å². The molecule has 21 heavy (non-hydrogen) atoms. The zero-order valence-corrected chi connectivity index (χ0v) is 14.0. The number of halogens is 2. The molecule has 1 saturated heterocycles. The topological polar surface area (TPSA) is 88.2 Å². The molecule has 6 nitrogen and oxygen atoms in total. The molecule has 0 aliphatic carbocycles. The van der Waals surface area contributed by atoms with Gasteiger partial charge in [0.05, 0.1) is 11.9 Å². The van der Waals surface area contributed by atoms with Gasteiger partial charge in [0.25, 0.3) is 0 Å². The Morgan fingerprint density at radius 3 is 2.38 bits per heavy atom. The van der Waals surface area contributed by atoms with Crippen LogP contribution in [0.2, 0.25) is 0 Å². The Kier molecular flexibility index (Phi) is 8.17. The lowest BCUT2D eigenvalue weighted by Gasteiger charge is -2.21. The predicted molar refractivity (Wildman–Crippen MR) is 86.1 cm³/mol. The Hall–Kier alpha value is -0.890. The van der Waals surface area contributed by atoms with Gasteiger partial charge in [0.15, 0.2) is 14.9 Å². The van der Waals surface area contributed by atoms with Gasteiger partial charge in [-0.1, -0.05) is 0 Å². The first-order valence-corrected chi connectivity index (χ1v) is 8.03. The molecule has 2 heterocycles. The first-order chi connectivity index (χ1) is 8.97. The van der Waals surface area contributed by atoms with Gasteiger partial charge in [-0.05, 0) is 38.1 Å². The van der Waals surface area contributed by atoms with Crippen LogP contribution in [0.1, 0.15) is 12.8 Å². The van der Waals surface area contributed by atoms with Crippen molar-refractivity contribution in [2.24, 2.45) is 5.92 Å². The fourth-order valence-electron chi connectivity index (χ4n) is 2.00. The molecule has 1 aromatic rings. The minimum absolute atomic E-state index is 0. The number of sulfone groups is 1. The van der Waals surface area contributed by atoms with Gasteiger partial charge in [0, 0.05) is 12.2 Å². The zero-order valence-electron chi connectivity index (χ0n) is 11.5. The standard InChI is InChI=1S/C12H17N3O3S.2ClH/c1-19(17,18)11-3-2-10(8-14-11)15-12(16)9-4-6-13-7-5-9;;/h2-3,8-9,13H,4-7H2,1H3,(H,15,16);2*1H. The molecule has 120 valence electrons. The molecule has 1 aliphatic rings. The number of piperidine rings is 1. The van der Waals surface area contributed by atoms with Crippen molar-refractivity contribution in [2.45, 2.75) is 17.9 Å². The molecule has 0 saturated carbocycles. The van der Waals surface area contributed by atoms with Crippen LogP contribution in [0.3, 0.4) is 0 Å². The smallest absolute Gasteiger partial charge is 0.227 e. The fraction of sp³-hybridized carbons (Fsp3) is 0.500. The molecule has 0 bridgehead atoms. The molecule has 1 aromatic heterocycles. The highest BCUT2D eigenvalue weighted by molar-refractivity contribution is 7.90. The van der Waals surface area contributed by atoms with E-state index in [2.05, 4.69) is 15.6 Å². The van der Waals surface area contributed by atoms with E-state index in [1.807, 2.05) is 0 Å². The second-order valence-corrected chi connectivity index (χ2v) is 6.63. The van der Waals surface area contributed by atoms with Crippen LogP contribution in [-0.4, -0.2) is 38.7 Å². The third-order valence-electron chi connectivity index (χ3n) is 3.09. The third kappa shape index (κ3) is 5.78. The molecule has 1 fully saturated rings. The Morgan fingerprint density at radius 2 is 1.90 bits per heavy atom. The Bertz CT molecular complexity index is 558. The molecule has 1 amide bonds. The van der Waals surface area contributed by atoms with Crippen molar-refractivity contribution in [1.29, 1.82) is 0 Å². The predicted octanol–water partition coefficient (Wildman–Crippen LogP) is 1.27. The summed E-state index contributed by atoms with van der Waals surface area (Å²) in [6.07, 6.45) is 4.11. The maximum atomic E-state index is 12.0. The van der Waals surface area contributed by atoms with Crippen molar-refractivity contribution in [1.82, 2.24) is 10.3 Å². The van der Waals surface area contributed by atoms with Gasteiger partial charge in [-0.15, -0.1) is 24.8 Å². The molecule has 0 spiro atoms. The van der Waals surface area contributed by atoms with E-state index >= 15 is 0 Å². The number of hydrogen-bond donors (Lipinski definition) is 2. The van der Waals surface area contributed by atoms with E-state index in [0.29, 0.717) is 5.69 Å². The minimum atomic E-state index is -3.30. The van der Waals surface area contributed by atoms with E-state index in [9.17, 15) is 13.2 Å². The normalized spacial score (nSPS) is 15.5. The molecular formula is C12H19Cl2N3O3S. The molecule has 0 radical (unpaired) electrons. The third-order valence-corrected chi connectivity index (χ3v) is 4.10. The van der Waals surface area contributed by atoms with Gasteiger partial charge in [-0.2, -0.15) is 0 Å². The summed E-state index contributed by atoms with van der Waals surface area (Å²) in [5.41, 5.74) is 0.524. The van der Waals surface area contributed by atoms with Crippen molar-refractivity contribution in [3.8, 4) is 0 Å². The maximum Gasteiger partial charge on any atom is 0.227 e. The van der Waals surface area contributed by atoms with Crippen LogP contribution in [0.4, 0.5) is 5.69 Å². The summed E-state index contributed by atoms with van der Waals surface area (Å²) in [5.74, 6) is -0.0220. The molecule has 0 atom stereocenters. The van der Waals surface area contributed by atoms with Crippen molar-refractivity contribution in [2.75, 3.05) is 24.7 Å². The van der Waals surface area contributed by atoms with Crippen LogP contribution in [0.15, 0.2) is 23.4 Å². The number of rotatable bonds is 3. The Morgan fingerprint density at radius 1 is 1.29 bits per heavy atom. The second-order valence-electron chi connectivity index (χ2n) is 4.67. The van der Waals surface area contributed by atoms with E-state index < -0.39 is 9.84 Å². The molecule has 9 heteroatoms. The highest BCUT2D eigenvalue weighted by Gasteiger charge is 2.21. The number of amides is 1. The molecule has 0 unspecified atom stereocenters. The van der Waals surface area contributed by atoms with Crippen molar-refractivity contribution < 1.29 is 13.2 Å². The highest BCUT2D eigenvalue weighted by Crippen LogP contribution is 2.16. The zero-order chi connectivity index (χ0) is 13.9. The lowest BCUT2D eigenvalue weighted by molar-refractivity contribution is -0.120. The van der Waals surface area contributed by atoms with Crippen LogP contribution in [0, 0.1) is 5.92 Å². The summed E-state index contributed by atoms with van der Waals surface area (Å²) in [7, 11) is -3.30. The summed E-state index contributed by atoms with van der Waals surface area (Å²) in [4.78, 5) is 15.8. The monoisotopic (exact) mass is 355 g/mol. The maximum absolute atomic E-state index is 12.0. The van der Waals surface area contributed by atoms with Gasteiger partial charge in [-0.25, -0.2) is 13.4 Å². The van der Waals surface area contributed by atoms with Crippen molar-refractivity contribution >= 4 is 46.2 Å². The van der Waals surface area contributed by atoms with Crippen molar-refractivity contribution in [3.63, 3.8) is 0 Å². The van der Waals surface area contributed by atoms with Crippen LogP contribution >= 0.6 is 24.8 Å². The number of nitrogens with one attached hydrogen (secondary N) is 2. The van der Waals surface area contributed by atoms with Gasteiger partial charge in [0.1, 0.15) is 0 Å².